The molecule has 9 nitrogen and oxygen atoms in total. The number of ether oxygens (including phenoxy) is 1. The quantitative estimate of drug-likeness (QED) is 0.626. The molecule has 3 N–H and O–H groups in total. The number of carbonyl (C=O) groups excluding carboxylic acids is 1. The van der Waals surface area contributed by atoms with Crippen LogP contribution in [0, 0.1) is 0 Å². The lowest BCUT2D eigenvalue weighted by molar-refractivity contribution is -0.117. The van der Waals surface area contributed by atoms with Crippen molar-refractivity contribution < 1.29 is 17.9 Å². The van der Waals surface area contributed by atoms with Crippen LogP contribution in [-0.2, 0) is 26.1 Å². The maximum atomic E-state index is 13.1. The van der Waals surface area contributed by atoms with Gasteiger partial charge in [0.1, 0.15) is 11.9 Å². The minimum absolute atomic E-state index is 0.0559. The second-order valence-electron chi connectivity index (χ2n) is 8.22. The first kappa shape index (κ1) is 20.2. The first-order chi connectivity index (χ1) is 14.9. The first-order valence-corrected chi connectivity index (χ1v) is 12.2. The highest BCUT2D eigenvalue weighted by molar-refractivity contribution is 7.90. The van der Waals surface area contributed by atoms with E-state index in [2.05, 4.69) is 21.2 Å². The van der Waals surface area contributed by atoms with E-state index in [0.717, 1.165) is 35.5 Å². The molecule has 3 aliphatic rings. The van der Waals surface area contributed by atoms with Crippen molar-refractivity contribution in [1.29, 1.82) is 0 Å². The zero-order valence-corrected chi connectivity index (χ0v) is 18.0. The smallest absolute Gasteiger partial charge is 0.250 e. The van der Waals surface area contributed by atoms with Gasteiger partial charge in [-0.3, -0.25) is 20.5 Å². The molecule has 1 aromatic heterocycles. The van der Waals surface area contributed by atoms with E-state index in [9.17, 15) is 13.2 Å². The lowest BCUT2D eigenvalue weighted by atomic mass is 10.0. The number of hydrogen-bond donors (Lipinski definition) is 3. The van der Waals surface area contributed by atoms with E-state index in [1.165, 1.54) is 0 Å². The Morgan fingerprint density at radius 1 is 1.13 bits per heavy atom. The number of fused-ring (bicyclic) bond motifs is 1. The summed E-state index contributed by atoms with van der Waals surface area (Å²) in [6.45, 7) is 2.15. The van der Waals surface area contributed by atoms with Gasteiger partial charge in [-0.1, -0.05) is 6.07 Å². The van der Waals surface area contributed by atoms with Crippen LogP contribution in [0.2, 0.25) is 0 Å². The minimum Gasteiger partial charge on any atom is -0.481 e. The molecule has 2 saturated heterocycles. The number of nitrogens with one attached hydrogen (secondary N) is 3. The Balaban J connectivity index is 1.31. The van der Waals surface area contributed by atoms with Gasteiger partial charge in [-0.2, -0.15) is 4.98 Å². The van der Waals surface area contributed by atoms with Crippen LogP contribution in [-0.4, -0.2) is 52.1 Å². The van der Waals surface area contributed by atoms with Crippen molar-refractivity contribution >= 4 is 27.2 Å². The lowest BCUT2D eigenvalue weighted by Crippen LogP contribution is -2.34. The average Bonchev–Trinajstić information content (AvgIpc) is 3.46. The molecule has 0 spiro atoms. The molecular formula is C21H25N5O4S. The molecule has 5 rings (SSSR count). The van der Waals surface area contributed by atoms with Crippen LogP contribution in [0.25, 0.3) is 0 Å². The third-order valence-electron chi connectivity index (χ3n) is 6.11. The zero-order chi connectivity index (χ0) is 21.6. The summed E-state index contributed by atoms with van der Waals surface area (Å²) < 4.78 is 29.2. The number of hydrazine groups is 1. The fourth-order valence-electron chi connectivity index (χ4n) is 4.51. The minimum atomic E-state index is -3.05. The highest BCUT2D eigenvalue weighted by Gasteiger charge is 2.34. The van der Waals surface area contributed by atoms with Crippen LogP contribution in [0.15, 0.2) is 30.3 Å². The summed E-state index contributed by atoms with van der Waals surface area (Å²) in [5.74, 6) is 1.48. The number of aromatic nitrogens is 1. The monoisotopic (exact) mass is 443 g/mol. The summed E-state index contributed by atoms with van der Waals surface area (Å²) in [4.78, 5) is 19.3. The number of sulfone groups is 1. The van der Waals surface area contributed by atoms with Crippen molar-refractivity contribution in [1.82, 2.24) is 15.8 Å². The number of hydrogen-bond acceptors (Lipinski definition) is 8. The molecule has 1 atom stereocenters. The van der Waals surface area contributed by atoms with Gasteiger partial charge in [0.25, 0.3) is 5.91 Å². The van der Waals surface area contributed by atoms with Gasteiger partial charge in [-0.05, 0) is 41.8 Å². The lowest BCUT2D eigenvalue weighted by Gasteiger charge is -2.19. The van der Waals surface area contributed by atoms with Crippen molar-refractivity contribution in [3.05, 3.63) is 47.0 Å². The van der Waals surface area contributed by atoms with Crippen LogP contribution in [0.1, 0.15) is 29.0 Å². The second-order valence-corrected chi connectivity index (χ2v) is 10.3. The normalized spacial score (nSPS) is 22.7. The molecule has 2 fully saturated rings. The molecule has 4 heterocycles. The number of methoxy groups -OCH3 is 1. The highest BCUT2D eigenvalue weighted by Crippen LogP contribution is 2.31. The van der Waals surface area contributed by atoms with E-state index in [1.807, 2.05) is 30.3 Å². The van der Waals surface area contributed by atoms with Gasteiger partial charge in [-0.15, -0.1) is 0 Å². The molecular weight excluding hydrogens is 418 g/mol. The van der Waals surface area contributed by atoms with Crippen LogP contribution < -0.4 is 25.8 Å². The molecule has 1 aromatic carbocycles. The predicted octanol–water partition coefficient (Wildman–Crippen LogP) is 0.927. The summed E-state index contributed by atoms with van der Waals surface area (Å²) >= 11 is 0. The fourth-order valence-corrected chi connectivity index (χ4v) is 6.11. The maximum Gasteiger partial charge on any atom is 0.250 e. The summed E-state index contributed by atoms with van der Waals surface area (Å²) in [5, 5.41) is 3.27. The second kappa shape index (κ2) is 7.77. The molecule has 10 heteroatoms. The van der Waals surface area contributed by atoms with Crippen LogP contribution in [0.3, 0.4) is 0 Å². The highest BCUT2D eigenvalue weighted by atomic mass is 32.2. The van der Waals surface area contributed by atoms with E-state index in [0.29, 0.717) is 24.7 Å². The number of amides is 1. The van der Waals surface area contributed by atoms with Gasteiger partial charge in [0.2, 0.25) is 5.88 Å². The molecule has 0 bridgehead atoms. The number of carbonyl (C=O) groups is 1. The summed E-state index contributed by atoms with van der Waals surface area (Å²) in [6, 6.07) is 8.99. The van der Waals surface area contributed by atoms with Crippen LogP contribution >= 0.6 is 0 Å². The first-order valence-electron chi connectivity index (χ1n) is 10.3. The SMILES string of the molecule is COc1nc(N2CCC(Nc3ccc4c(c3)CS(=O)(=O)C4)C2=O)ccc1C1CNNC1. The molecule has 3 aliphatic heterocycles. The topological polar surface area (TPSA) is 113 Å². The molecule has 0 radical (unpaired) electrons. The number of anilines is 2. The molecule has 1 unspecified atom stereocenters. The number of pyridine rings is 1. The molecule has 0 aliphatic carbocycles. The predicted molar refractivity (Wildman–Crippen MR) is 117 cm³/mol. The van der Waals surface area contributed by atoms with Gasteiger partial charge >= 0.3 is 0 Å². The van der Waals surface area contributed by atoms with Crippen molar-refractivity contribution in [3.8, 4) is 5.88 Å². The molecule has 0 saturated carbocycles. The molecule has 31 heavy (non-hydrogen) atoms. The van der Waals surface area contributed by atoms with E-state index < -0.39 is 9.84 Å². The third kappa shape index (κ3) is 3.86. The average molecular weight is 444 g/mol. The Morgan fingerprint density at radius 3 is 2.68 bits per heavy atom. The largest absolute Gasteiger partial charge is 0.481 e. The number of nitrogens with zero attached hydrogens (tertiary/aromatic N) is 2. The zero-order valence-electron chi connectivity index (χ0n) is 17.2. The fraction of sp³-hybridized carbons (Fsp3) is 0.429. The Bertz CT molecular complexity index is 1130. The van der Waals surface area contributed by atoms with E-state index in [1.54, 1.807) is 12.0 Å². The van der Waals surface area contributed by atoms with Gasteiger partial charge < -0.3 is 10.1 Å². The van der Waals surface area contributed by atoms with Crippen molar-refractivity contribution in [2.75, 3.05) is 37.0 Å². The van der Waals surface area contributed by atoms with Gasteiger partial charge in [0, 0.05) is 36.8 Å². The van der Waals surface area contributed by atoms with E-state index >= 15 is 0 Å². The Hall–Kier alpha value is -2.69. The Kier molecular flexibility index (Phi) is 5.07. The van der Waals surface area contributed by atoms with Gasteiger partial charge in [0.05, 0.1) is 18.6 Å². The van der Waals surface area contributed by atoms with E-state index in [4.69, 9.17) is 4.74 Å². The van der Waals surface area contributed by atoms with Crippen molar-refractivity contribution in [2.45, 2.75) is 29.9 Å². The Labute approximate surface area is 181 Å². The van der Waals surface area contributed by atoms with Gasteiger partial charge in [0.15, 0.2) is 9.84 Å². The maximum absolute atomic E-state index is 13.1. The molecule has 2 aromatic rings. The van der Waals surface area contributed by atoms with Crippen molar-refractivity contribution in [2.24, 2.45) is 0 Å². The molecule has 164 valence electrons. The summed E-state index contributed by atoms with van der Waals surface area (Å²) in [5.41, 5.74) is 9.64. The van der Waals surface area contributed by atoms with Gasteiger partial charge in [-0.25, -0.2) is 8.42 Å². The van der Waals surface area contributed by atoms with Crippen LogP contribution in [0.4, 0.5) is 11.5 Å². The standard InChI is InChI=1S/C21H25N5O4S/c1-30-20-17(15-9-22-23-10-15)4-5-19(25-20)26-7-6-18(21(26)27)24-16-3-2-13-11-31(28,29)12-14(13)8-16/h2-5,8,15,18,22-24H,6-7,9-12H2,1H3. The number of benzene rings is 1. The Morgan fingerprint density at radius 2 is 1.90 bits per heavy atom. The molecule has 1 amide bonds. The van der Waals surface area contributed by atoms with Crippen LogP contribution in [0.5, 0.6) is 5.88 Å². The summed E-state index contributed by atoms with van der Waals surface area (Å²) in [7, 11) is -1.46. The third-order valence-corrected chi connectivity index (χ3v) is 7.61. The van der Waals surface area contributed by atoms with E-state index in [-0.39, 0.29) is 29.4 Å². The van der Waals surface area contributed by atoms with Crippen molar-refractivity contribution in [3.63, 3.8) is 0 Å². The number of rotatable bonds is 5. The summed E-state index contributed by atoms with van der Waals surface area (Å²) in [6.07, 6.45) is 0.635.